The number of hydrogen-bond donors (Lipinski definition) is 0. The van der Waals surface area contributed by atoms with Crippen molar-refractivity contribution in [3.8, 4) is 0 Å². The van der Waals surface area contributed by atoms with E-state index in [9.17, 15) is 0 Å². The number of aryl methyl sites for hydroxylation is 2. The Bertz CT molecular complexity index is 873. The molecule has 0 N–H and O–H groups in total. The first-order valence-corrected chi connectivity index (χ1v) is 10.5. The Morgan fingerprint density at radius 1 is 1.00 bits per heavy atom. The lowest BCUT2D eigenvalue weighted by Crippen LogP contribution is -1.90. The Balaban J connectivity index is 0.000000603. The number of allylic oxidation sites excluding steroid dienone is 6. The molecule has 0 spiro atoms. The first-order valence-electron chi connectivity index (χ1n) is 10.5. The molecular formula is C30H42. The van der Waals surface area contributed by atoms with Gasteiger partial charge in [-0.3, -0.25) is 0 Å². The van der Waals surface area contributed by atoms with Gasteiger partial charge in [-0.2, -0.15) is 0 Å². The lowest BCUT2D eigenvalue weighted by molar-refractivity contribution is 0.733. The van der Waals surface area contributed by atoms with Crippen LogP contribution < -0.4 is 0 Å². The van der Waals surface area contributed by atoms with Crippen LogP contribution in [0.4, 0.5) is 0 Å². The van der Waals surface area contributed by atoms with E-state index in [0.717, 1.165) is 5.57 Å². The molecule has 0 aliphatic heterocycles. The Hall–Kier alpha value is -2.60. The molecule has 0 saturated carbocycles. The summed E-state index contributed by atoms with van der Waals surface area (Å²) in [4.78, 5) is 0. The van der Waals surface area contributed by atoms with Crippen molar-refractivity contribution in [1.29, 1.82) is 0 Å². The van der Waals surface area contributed by atoms with Crippen molar-refractivity contribution in [2.24, 2.45) is 0 Å². The molecule has 0 aliphatic rings. The zero-order valence-electron chi connectivity index (χ0n) is 19.5. The van der Waals surface area contributed by atoms with Gasteiger partial charge >= 0.3 is 0 Å². The second-order valence-corrected chi connectivity index (χ2v) is 7.93. The van der Waals surface area contributed by atoms with E-state index in [2.05, 4.69) is 103 Å². The molecule has 1 unspecified atom stereocenters. The van der Waals surface area contributed by atoms with Gasteiger partial charge in [0.1, 0.15) is 0 Å². The minimum atomic E-state index is 0. The highest BCUT2D eigenvalue weighted by Crippen LogP contribution is 2.25. The van der Waals surface area contributed by atoms with E-state index in [1.165, 1.54) is 45.4 Å². The van der Waals surface area contributed by atoms with Gasteiger partial charge in [-0.1, -0.05) is 106 Å². The third-order valence-corrected chi connectivity index (χ3v) is 5.46. The molecular weight excluding hydrogens is 360 g/mol. The van der Waals surface area contributed by atoms with Crippen LogP contribution in [0.3, 0.4) is 0 Å². The first kappa shape index (κ1) is 27.4. The summed E-state index contributed by atoms with van der Waals surface area (Å²) in [5.74, 6) is 0.704. The van der Waals surface area contributed by atoms with Gasteiger partial charge in [0, 0.05) is 0 Å². The van der Waals surface area contributed by atoms with Crippen LogP contribution in [0.2, 0.25) is 0 Å². The number of rotatable bonds is 6. The van der Waals surface area contributed by atoms with E-state index in [1.54, 1.807) is 6.08 Å². The highest BCUT2D eigenvalue weighted by molar-refractivity contribution is 5.73. The van der Waals surface area contributed by atoms with Crippen LogP contribution in [0.5, 0.6) is 0 Å². The summed E-state index contributed by atoms with van der Waals surface area (Å²) in [6.07, 6.45) is 7.09. The van der Waals surface area contributed by atoms with E-state index in [0.29, 0.717) is 5.92 Å². The molecule has 162 valence electrons. The van der Waals surface area contributed by atoms with E-state index in [-0.39, 0.29) is 7.43 Å². The molecule has 1 atom stereocenters. The summed E-state index contributed by atoms with van der Waals surface area (Å²) in [5.41, 5.74) is 10.3. The third kappa shape index (κ3) is 8.41. The molecule has 0 fully saturated rings. The average Bonchev–Trinajstić information content (AvgIpc) is 2.71. The summed E-state index contributed by atoms with van der Waals surface area (Å²) >= 11 is 0. The highest BCUT2D eigenvalue weighted by atomic mass is 14.1. The van der Waals surface area contributed by atoms with Gasteiger partial charge in [0.2, 0.25) is 0 Å². The molecule has 0 heteroatoms. The van der Waals surface area contributed by atoms with Crippen LogP contribution in [-0.2, 0) is 0 Å². The van der Waals surface area contributed by atoms with Crippen LogP contribution >= 0.6 is 0 Å². The zero-order chi connectivity index (χ0) is 22.0. The van der Waals surface area contributed by atoms with E-state index in [4.69, 9.17) is 0 Å². The summed E-state index contributed by atoms with van der Waals surface area (Å²) in [6, 6.07) is 15.3. The predicted molar refractivity (Wildman–Crippen MR) is 140 cm³/mol. The predicted octanol–water partition coefficient (Wildman–Crippen LogP) is 9.71. The van der Waals surface area contributed by atoms with E-state index < -0.39 is 0 Å². The fourth-order valence-corrected chi connectivity index (χ4v) is 3.03. The van der Waals surface area contributed by atoms with Crippen molar-refractivity contribution in [3.63, 3.8) is 0 Å². The molecule has 0 aromatic heterocycles. The van der Waals surface area contributed by atoms with Gasteiger partial charge < -0.3 is 0 Å². The maximum atomic E-state index is 3.98. The van der Waals surface area contributed by atoms with Crippen molar-refractivity contribution < 1.29 is 0 Å². The molecule has 2 aromatic carbocycles. The van der Waals surface area contributed by atoms with Crippen molar-refractivity contribution >= 4 is 11.1 Å². The summed E-state index contributed by atoms with van der Waals surface area (Å²) in [7, 11) is 0. The average molecular weight is 403 g/mol. The topological polar surface area (TPSA) is 0 Å². The molecule has 0 radical (unpaired) electrons. The smallest absolute Gasteiger partial charge is 0.0193 e. The van der Waals surface area contributed by atoms with Gasteiger partial charge in [0.15, 0.2) is 0 Å². The van der Waals surface area contributed by atoms with Gasteiger partial charge in [0.25, 0.3) is 0 Å². The molecule has 0 amide bonds. The fourth-order valence-electron chi connectivity index (χ4n) is 3.03. The van der Waals surface area contributed by atoms with Crippen molar-refractivity contribution in [2.75, 3.05) is 0 Å². The van der Waals surface area contributed by atoms with E-state index in [1.807, 2.05) is 13.0 Å². The summed E-state index contributed by atoms with van der Waals surface area (Å²) in [6.45, 7) is 22.8. The largest absolute Gasteiger partial charge is 0.0991 e. The fraction of sp³-hybridized carbons (Fsp3) is 0.333. The molecule has 2 rings (SSSR count). The van der Waals surface area contributed by atoms with Crippen LogP contribution in [0.15, 0.2) is 79.4 Å². The van der Waals surface area contributed by atoms with Crippen molar-refractivity contribution in [2.45, 2.75) is 68.2 Å². The van der Waals surface area contributed by atoms with Crippen molar-refractivity contribution in [1.82, 2.24) is 0 Å². The summed E-state index contributed by atoms with van der Waals surface area (Å²) in [5, 5.41) is 0. The maximum absolute atomic E-state index is 3.98. The lowest BCUT2D eigenvalue weighted by Gasteiger charge is -2.11. The second-order valence-electron chi connectivity index (χ2n) is 7.93. The van der Waals surface area contributed by atoms with Gasteiger partial charge in [0.05, 0.1) is 0 Å². The first-order chi connectivity index (χ1) is 13.7. The molecule has 0 nitrogen and oxygen atoms in total. The molecule has 2 aromatic rings. The molecule has 0 saturated heterocycles. The van der Waals surface area contributed by atoms with Crippen molar-refractivity contribution in [3.05, 3.63) is 107 Å². The third-order valence-electron chi connectivity index (χ3n) is 5.46. The molecule has 0 bridgehead atoms. The molecule has 0 heterocycles. The van der Waals surface area contributed by atoms with Gasteiger partial charge in [-0.25, -0.2) is 0 Å². The van der Waals surface area contributed by atoms with Gasteiger partial charge in [-0.15, -0.1) is 0 Å². The van der Waals surface area contributed by atoms with Gasteiger partial charge in [-0.05, 0) is 80.4 Å². The molecule has 0 aliphatic carbocycles. The SMILES string of the molecule is C.C=C/C=C\C(C)=C(/C)c1ccc(C(=C)C)cc1C.CCC(C)c1ccc(C)cc1. The lowest BCUT2D eigenvalue weighted by atomic mass is 9.94. The minimum Gasteiger partial charge on any atom is -0.0991 e. The maximum Gasteiger partial charge on any atom is -0.0193 e. The quantitative estimate of drug-likeness (QED) is 0.422. The summed E-state index contributed by atoms with van der Waals surface area (Å²) < 4.78 is 0. The Labute approximate surface area is 186 Å². The van der Waals surface area contributed by atoms with E-state index >= 15 is 0 Å². The number of benzene rings is 2. The standard InChI is InChI=1S/C18H22.C11H16.CH4/c1-7-8-9-14(4)16(6)18-11-10-17(13(2)3)12-15(18)5;1-4-10(3)11-7-5-9(2)6-8-11;/h7-12H,1-2H2,3-6H3;5-8,10H,4H2,1-3H3;1H4/b9-8-,16-14+;;. The van der Waals surface area contributed by atoms with Crippen LogP contribution in [0, 0.1) is 13.8 Å². The highest BCUT2D eigenvalue weighted by Gasteiger charge is 2.04. The Kier molecular flexibility index (Phi) is 12.4. The monoisotopic (exact) mass is 402 g/mol. The number of hydrogen-bond acceptors (Lipinski definition) is 0. The minimum absolute atomic E-state index is 0. The Morgan fingerprint density at radius 2 is 1.60 bits per heavy atom. The zero-order valence-corrected chi connectivity index (χ0v) is 19.5. The van der Waals surface area contributed by atoms with Crippen LogP contribution in [0.1, 0.15) is 82.2 Å². The normalized spacial score (nSPS) is 12.2. The van der Waals surface area contributed by atoms with Crippen LogP contribution in [-0.4, -0.2) is 0 Å². The Morgan fingerprint density at radius 3 is 2.07 bits per heavy atom. The molecule has 30 heavy (non-hydrogen) atoms. The second kappa shape index (κ2) is 13.6. The van der Waals surface area contributed by atoms with Crippen LogP contribution in [0.25, 0.3) is 11.1 Å².